The van der Waals surface area contributed by atoms with Gasteiger partial charge in [0.05, 0.1) is 10.9 Å². The molecule has 0 bridgehead atoms. The van der Waals surface area contributed by atoms with Crippen molar-refractivity contribution in [1.82, 2.24) is 19.0 Å². The zero-order valence-electron chi connectivity index (χ0n) is 14.5. The van der Waals surface area contributed by atoms with Crippen LogP contribution >= 0.6 is 11.3 Å². The summed E-state index contributed by atoms with van der Waals surface area (Å²) in [4.78, 5) is 3.45. The molecule has 0 unspecified atom stereocenters. The molecule has 2 aromatic rings. The predicted octanol–water partition coefficient (Wildman–Crippen LogP) is 2.66. The van der Waals surface area contributed by atoms with Crippen molar-refractivity contribution in [3.63, 3.8) is 0 Å². The van der Waals surface area contributed by atoms with E-state index in [4.69, 9.17) is 5.10 Å². The molecular weight excluding hydrogens is 356 g/mol. The Balaban J connectivity index is 1.74. The lowest BCUT2D eigenvalue weighted by Gasteiger charge is -2.31. The van der Waals surface area contributed by atoms with Gasteiger partial charge in [0.1, 0.15) is 10.6 Å². The fourth-order valence-corrected chi connectivity index (χ4v) is 6.02. The van der Waals surface area contributed by atoms with E-state index in [0.29, 0.717) is 29.7 Å². The molecule has 2 aromatic heterocycles. The minimum absolute atomic E-state index is 0.329. The Kier molecular flexibility index (Phi) is 4.70. The fraction of sp³-hybridized carbons (Fsp3) is 0.588. The molecule has 8 heteroatoms. The first kappa shape index (κ1) is 17.2. The number of nitrogens with zero attached hydrogens (tertiary/aromatic N) is 4. The van der Waals surface area contributed by atoms with Crippen molar-refractivity contribution in [2.45, 2.75) is 36.6 Å². The Morgan fingerprint density at radius 2 is 1.88 bits per heavy atom. The van der Waals surface area contributed by atoms with Gasteiger partial charge in [-0.15, -0.1) is 11.3 Å². The van der Waals surface area contributed by atoms with E-state index in [1.165, 1.54) is 12.8 Å². The molecular formula is C17H24N4O2S2. The molecule has 1 saturated carbocycles. The largest absolute Gasteiger partial charge is 0.304 e. The molecule has 0 spiro atoms. The minimum Gasteiger partial charge on any atom is -0.304 e. The molecule has 1 aliphatic heterocycles. The van der Waals surface area contributed by atoms with Gasteiger partial charge in [-0.25, -0.2) is 8.42 Å². The van der Waals surface area contributed by atoms with E-state index in [-0.39, 0.29) is 0 Å². The van der Waals surface area contributed by atoms with Crippen LogP contribution in [0.4, 0.5) is 0 Å². The SMILES string of the molecule is CN1CCN(S(=O)(=O)c2cn(C3CCCC3)nc2-c2cccs2)CC1. The van der Waals surface area contributed by atoms with E-state index in [9.17, 15) is 8.42 Å². The number of piperazine rings is 1. The molecule has 4 rings (SSSR count). The maximum Gasteiger partial charge on any atom is 0.246 e. The highest BCUT2D eigenvalue weighted by Crippen LogP contribution is 2.35. The molecule has 0 amide bonds. The van der Waals surface area contributed by atoms with Crippen LogP contribution in [0.3, 0.4) is 0 Å². The first-order valence-corrected chi connectivity index (χ1v) is 11.2. The third-order valence-electron chi connectivity index (χ3n) is 5.23. The lowest BCUT2D eigenvalue weighted by molar-refractivity contribution is 0.222. The van der Waals surface area contributed by atoms with Crippen LogP contribution < -0.4 is 0 Å². The molecule has 0 N–H and O–H groups in total. The zero-order chi connectivity index (χ0) is 17.4. The van der Waals surface area contributed by atoms with E-state index in [1.54, 1.807) is 21.8 Å². The van der Waals surface area contributed by atoms with Gasteiger partial charge < -0.3 is 4.90 Å². The summed E-state index contributed by atoms with van der Waals surface area (Å²) >= 11 is 1.54. The lowest BCUT2D eigenvalue weighted by atomic mass is 10.3. The summed E-state index contributed by atoms with van der Waals surface area (Å²) < 4.78 is 30.1. The van der Waals surface area contributed by atoms with E-state index >= 15 is 0 Å². The summed E-state index contributed by atoms with van der Waals surface area (Å²) in [6.07, 6.45) is 6.33. The quantitative estimate of drug-likeness (QED) is 0.818. The van der Waals surface area contributed by atoms with Gasteiger partial charge in [0.15, 0.2) is 0 Å². The number of aromatic nitrogens is 2. The van der Waals surface area contributed by atoms with Gasteiger partial charge >= 0.3 is 0 Å². The Morgan fingerprint density at radius 3 is 2.52 bits per heavy atom. The van der Waals surface area contributed by atoms with Gasteiger partial charge in [0.25, 0.3) is 0 Å². The van der Waals surface area contributed by atoms with Crippen LogP contribution in [0.5, 0.6) is 0 Å². The van der Waals surface area contributed by atoms with E-state index in [1.807, 2.05) is 29.2 Å². The number of likely N-dealkylation sites (N-methyl/N-ethyl adjacent to an activating group) is 1. The van der Waals surface area contributed by atoms with Crippen LogP contribution in [0.2, 0.25) is 0 Å². The fourth-order valence-electron chi connectivity index (χ4n) is 3.67. The van der Waals surface area contributed by atoms with Crippen LogP contribution in [0.1, 0.15) is 31.7 Å². The van der Waals surface area contributed by atoms with Gasteiger partial charge in [-0.2, -0.15) is 9.40 Å². The summed E-state index contributed by atoms with van der Waals surface area (Å²) in [7, 11) is -1.49. The Hall–Kier alpha value is -1.22. The molecule has 0 atom stereocenters. The van der Waals surface area contributed by atoms with E-state index in [2.05, 4.69) is 4.90 Å². The van der Waals surface area contributed by atoms with Gasteiger partial charge in [0.2, 0.25) is 10.0 Å². The predicted molar refractivity (Wildman–Crippen MR) is 99.3 cm³/mol. The highest BCUT2D eigenvalue weighted by molar-refractivity contribution is 7.89. The summed E-state index contributed by atoms with van der Waals surface area (Å²) in [5.74, 6) is 0. The maximum atomic E-state index is 13.3. The van der Waals surface area contributed by atoms with Gasteiger partial charge in [-0.1, -0.05) is 18.9 Å². The molecule has 2 fully saturated rings. The van der Waals surface area contributed by atoms with Crippen LogP contribution in [0.25, 0.3) is 10.6 Å². The molecule has 6 nitrogen and oxygen atoms in total. The highest BCUT2D eigenvalue weighted by Gasteiger charge is 2.33. The first-order valence-electron chi connectivity index (χ1n) is 8.87. The monoisotopic (exact) mass is 380 g/mol. The second kappa shape index (κ2) is 6.83. The van der Waals surface area contributed by atoms with Crippen LogP contribution in [-0.2, 0) is 10.0 Å². The molecule has 25 heavy (non-hydrogen) atoms. The van der Waals surface area contributed by atoms with Crippen LogP contribution in [0.15, 0.2) is 28.6 Å². The Bertz CT molecular complexity index is 815. The van der Waals surface area contributed by atoms with Crippen molar-refractivity contribution in [3.8, 4) is 10.6 Å². The summed E-state index contributed by atoms with van der Waals surface area (Å²) in [6.45, 7) is 2.61. The topological polar surface area (TPSA) is 58.4 Å². The van der Waals surface area contributed by atoms with Crippen molar-refractivity contribution in [2.75, 3.05) is 33.2 Å². The van der Waals surface area contributed by atoms with Gasteiger partial charge in [-0.3, -0.25) is 4.68 Å². The van der Waals surface area contributed by atoms with E-state index < -0.39 is 10.0 Å². The average Bonchev–Trinajstić information content (AvgIpc) is 3.34. The number of hydrogen-bond acceptors (Lipinski definition) is 5. The van der Waals surface area contributed by atoms with Crippen molar-refractivity contribution in [2.24, 2.45) is 0 Å². The highest BCUT2D eigenvalue weighted by atomic mass is 32.2. The smallest absolute Gasteiger partial charge is 0.246 e. The van der Waals surface area contributed by atoms with Gasteiger partial charge in [-0.05, 0) is 31.3 Å². The van der Waals surface area contributed by atoms with Crippen molar-refractivity contribution in [3.05, 3.63) is 23.7 Å². The number of rotatable bonds is 4. The molecule has 1 aliphatic carbocycles. The Labute approximate surface area is 153 Å². The number of sulfonamides is 1. The standard InChI is InChI=1S/C17H24N4O2S2/c1-19-8-10-20(11-9-19)25(22,23)16-13-21(14-5-2-3-6-14)18-17(16)15-7-4-12-24-15/h4,7,12-14H,2-3,5-6,8-11H2,1H3. The maximum absolute atomic E-state index is 13.3. The Morgan fingerprint density at radius 1 is 1.16 bits per heavy atom. The third-order valence-corrected chi connectivity index (χ3v) is 8.01. The number of thiophene rings is 1. The van der Waals surface area contributed by atoms with Crippen LogP contribution in [-0.4, -0.2) is 60.6 Å². The summed E-state index contributed by atoms with van der Waals surface area (Å²) in [5.41, 5.74) is 0.612. The molecule has 136 valence electrons. The summed E-state index contributed by atoms with van der Waals surface area (Å²) in [6, 6.07) is 4.23. The third kappa shape index (κ3) is 3.28. The van der Waals surface area contributed by atoms with Crippen molar-refractivity contribution < 1.29 is 8.42 Å². The lowest BCUT2D eigenvalue weighted by Crippen LogP contribution is -2.47. The molecule has 2 aliphatic rings. The van der Waals surface area contributed by atoms with Crippen molar-refractivity contribution >= 4 is 21.4 Å². The van der Waals surface area contributed by atoms with Gasteiger partial charge in [0, 0.05) is 32.4 Å². The second-order valence-electron chi connectivity index (χ2n) is 6.94. The second-order valence-corrected chi connectivity index (χ2v) is 9.80. The molecule has 3 heterocycles. The number of hydrogen-bond donors (Lipinski definition) is 0. The zero-order valence-corrected chi connectivity index (χ0v) is 16.1. The normalized spacial score (nSPS) is 21.2. The van der Waals surface area contributed by atoms with Crippen molar-refractivity contribution in [1.29, 1.82) is 0 Å². The van der Waals surface area contributed by atoms with E-state index in [0.717, 1.165) is 30.8 Å². The molecule has 0 radical (unpaired) electrons. The minimum atomic E-state index is -3.52. The molecule has 1 saturated heterocycles. The van der Waals surface area contributed by atoms with Crippen LogP contribution in [0, 0.1) is 0 Å². The molecule has 0 aromatic carbocycles. The first-order chi connectivity index (χ1) is 12.1. The average molecular weight is 381 g/mol. The summed E-state index contributed by atoms with van der Waals surface area (Å²) in [5, 5.41) is 6.69.